The van der Waals surface area contributed by atoms with Crippen LogP contribution in [0.25, 0.3) is 0 Å². The van der Waals surface area contributed by atoms with Gasteiger partial charge in [-0.2, -0.15) is 0 Å². The normalized spacial score (nSPS) is 12.8. The van der Waals surface area contributed by atoms with E-state index in [4.69, 9.17) is 59.9 Å². The average Bonchev–Trinajstić information content (AvgIpc) is 3.53. The minimum Gasteiger partial charge on any atom is -0.480 e. The first-order chi connectivity index (χ1) is 23.0. The summed E-state index contributed by atoms with van der Waals surface area (Å²) in [6, 6.07) is 4.84. The van der Waals surface area contributed by atoms with E-state index in [0.717, 1.165) is 11.3 Å². The van der Waals surface area contributed by atoms with E-state index in [2.05, 4.69) is 15.7 Å². The van der Waals surface area contributed by atoms with Crippen LogP contribution < -0.4 is 40.1 Å². The molecule has 0 aliphatic rings. The van der Waals surface area contributed by atoms with E-state index in [1.807, 2.05) is 30.3 Å². The van der Waals surface area contributed by atoms with Gasteiger partial charge in [0.2, 0.25) is 11.8 Å². The van der Waals surface area contributed by atoms with Crippen molar-refractivity contribution >= 4 is 41.7 Å². The number of nitrogens with one attached hydrogen (secondary N) is 1. The first kappa shape index (κ1) is 48.9. The zero-order valence-corrected chi connectivity index (χ0v) is 27.6. The van der Waals surface area contributed by atoms with Crippen LogP contribution in [-0.4, -0.2) is 107 Å². The third kappa shape index (κ3) is 28.7. The first-order valence-electron chi connectivity index (χ1n) is 14.5. The van der Waals surface area contributed by atoms with E-state index in [9.17, 15) is 33.6 Å². The number of aromatic amines is 1. The molecule has 20 N–H and O–H groups in total. The molecule has 1 heterocycles. The molecule has 0 saturated carbocycles. The average molecular weight is 716 g/mol. The fourth-order valence-electron chi connectivity index (χ4n) is 2.69. The standard InChI is InChI=1S/C9H11NO2.C6H9N3O2.C5H10N2O3.C5H11NO2.C4H8N2O3/c10-8(9(11)12)6-7-4-2-1-3-5-7;7-5(6(10)11)1-4-2-8-3-9-4;6-3(5(9)10)1-2-4(7)8;1-3(2)4(6)5(7)8;5-2(4(8)9)1-3(6)7/h1-5,8H,6,10H2,(H,11,12);2-3,5H,1,7H2,(H,8,9)(H,10,11);3H,1-2,6H2,(H2,7,8)(H,9,10);3-4H,6H2,1-2H3,(H,7,8);2H,1,5H2,(H2,6,7)(H,8,9). The van der Waals surface area contributed by atoms with Gasteiger partial charge < -0.3 is 70.7 Å². The van der Waals surface area contributed by atoms with E-state index >= 15 is 0 Å². The summed E-state index contributed by atoms with van der Waals surface area (Å²) in [4.78, 5) is 77.2. The topological polar surface area (TPSA) is 431 Å². The highest BCUT2D eigenvalue weighted by Gasteiger charge is 2.15. The monoisotopic (exact) mass is 715 g/mol. The van der Waals surface area contributed by atoms with E-state index < -0.39 is 71.9 Å². The molecule has 0 bridgehead atoms. The Kier molecular flexibility index (Phi) is 26.9. The predicted molar refractivity (Wildman–Crippen MR) is 178 cm³/mol. The number of hydrogen-bond acceptors (Lipinski definition) is 13. The number of carboxylic acids is 5. The number of aliphatic carboxylic acids is 5. The number of rotatable bonds is 15. The summed E-state index contributed by atoms with van der Waals surface area (Å²) in [7, 11) is 0. The van der Waals surface area contributed by atoms with E-state index in [1.165, 1.54) is 6.33 Å². The largest absolute Gasteiger partial charge is 0.480 e. The molecule has 2 aromatic rings. The molecule has 21 heteroatoms. The van der Waals surface area contributed by atoms with Crippen LogP contribution in [0, 0.1) is 5.92 Å². The summed E-state index contributed by atoms with van der Waals surface area (Å²) in [5, 5.41) is 41.5. The lowest BCUT2D eigenvalue weighted by molar-refractivity contribution is -0.140. The first-order valence-corrected chi connectivity index (χ1v) is 14.5. The number of carbonyl (C=O) groups excluding carboxylic acids is 2. The molecule has 0 aliphatic heterocycles. The van der Waals surface area contributed by atoms with Gasteiger partial charge in [0.15, 0.2) is 0 Å². The Morgan fingerprint density at radius 3 is 1.42 bits per heavy atom. The Morgan fingerprint density at radius 1 is 0.660 bits per heavy atom. The zero-order valence-electron chi connectivity index (χ0n) is 27.6. The maximum Gasteiger partial charge on any atom is 0.321 e. The number of nitrogens with two attached hydrogens (primary N) is 7. The van der Waals surface area contributed by atoms with Crippen LogP contribution in [0.15, 0.2) is 42.9 Å². The molecule has 50 heavy (non-hydrogen) atoms. The van der Waals surface area contributed by atoms with Gasteiger partial charge in [0.25, 0.3) is 0 Å². The van der Waals surface area contributed by atoms with Crippen molar-refractivity contribution in [2.75, 3.05) is 0 Å². The molecule has 5 unspecified atom stereocenters. The van der Waals surface area contributed by atoms with Crippen molar-refractivity contribution in [2.45, 2.75) is 76.2 Å². The molecule has 0 fully saturated rings. The Labute approximate surface area is 287 Å². The maximum absolute atomic E-state index is 10.4. The summed E-state index contributed by atoms with van der Waals surface area (Å²) in [6.45, 7) is 3.55. The Bertz CT molecular complexity index is 1310. The van der Waals surface area contributed by atoms with E-state index in [0.29, 0.717) is 6.42 Å². The summed E-state index contributed by atoms with van der Waals surface area (Å²) in [5.41, 5.74) is 36.8. The van der Waals surface area contributed by atoms with Gasteiger partial charge in [0.1, 0.15) is 30.2 Å². The molecule has 2 rings (SSSR count). The lowest BCUT2D eigenvalue weighted by atomic mass is 10.1. The number of primary amides is 2. The number of hydrogen-bond donors (Lipinski definition) is 13. The molecule has 2 amide bonds. The Hall–Kier alpha value is -5.48. The SMILES string of the molecule is CC(C)C(N)C(=O)O.NC(=O)CC(N)C(=O)O.NC(=O)CCC(N)C(=O)O.NC(Cc1ccccc1)C(=O)O.NC(Cc1cnc[nH]1)C(=O)O. The predicted octanol–water partition coefficient (Wildman–Crippen LogP) is -3.00. The van der Waals surface area contributed by atoms with Crippen LogP contribution >= 0.6 is 0 Å². The van der Waals surface area contributed by atoms with Crippen LogP contribution in [0.2, 0.25) is 0 Å². The smallest absolute Gasteiger partial charge is 0.321 e. The number of nitrogens with zero attached hydrogens (tertiary/aromatic N) is 1. The van der Waals surface area contributed by atoms with Gasteiger partial charge in [-0.05, 0) is 24.3 Å². The summed E-state index contributed by atoms with van der Waals surface area (Å²) in [5.74, 6) is -6.43. The van der Waals surface area contributed by atoms with Crippen molar-refractivity contribution in [1.82, 2.24) is 9.97 Å². The Morgan fingerprint density at radius 2 is 1.12 bits per heavy atom. The third-order valence-corrected chi connectivity index (χ3v) is 5.69. The highest BCUT2D eigenvalue weighted by atomic mass is 16.4. The summed E-state index contributed by atoms with van der Waals surface area (Å²) >= 11 is 0. The lowest BCUT2D eigenvalue weighted by Gasteiger charge is -2.07. The Balaban J connectivity index is -0.000000557. The highest BCUT2D eigenvalue weighted by molar-refractivity contribution is 5.83. The lowest BCUT2D eigenvalue weighted by Crippen LogP contribution is -2.34. The molecule has 0 spiro atoms. The van der Waals surface area contributed by atoms with Gasteiger partial charge in [-0.25, -0.2) is 4.98 Å². The molecule has 5 atom stereocenters. The van der Waals surface area contributed by atoms with Gasteiger partial charge in [-0.3, -0.25) is 33.6 Å². The summed E-state index contributed by atoms with van der Waals surface area (Å²) < 4.78 is 0. The maximum atomic E-state index is 10.4. The number of carbonyl (C=O) groups is 7. The van der Waals surface area contributed by atoms with Gasteiger partial charge in [0.05, 0.1) is 12.7 Å². The van der Waals surface area contributed by atoms with Crippen LogP contribution in [0.4, 0.5) is 0 Å². The molecular weight excluding hydrogens is 666 g/mol. The van der Waals surface area contributed by atoms with E-state index in [1.54, 1.807) is 20.0 Å². The molecule has 0 radical (unpaired) electrons. The van der Waals surface area contributed by atoms with Crippen molar-refractivity contribution in [1.29, 1.82) is 0 Å². The molecule has 282 valence electrons. The number of benzene rings is 1. The summed E-state index contributed by atoms with van der Waals surface area (Å²) in [6.07, 6.45) is 3.53. The van der Waals surface area contributed by atoms with Gasteiger partial charge in [-0.1, -0.05) is 44.2 Å². The molecule has 21 nitrogen and oxygen atoms in total. The van der Waals surface area contributed by atoms with Crippen LogP contribution in [0.5, 0.6) is 0 Å². The van der Waals surface area contributed by atoms with Crippen LogP contribution in [0.1, 0.15) is 44.4 Å². The molecular formula is C29H49N9O12. The number of amides is 2. The molecule has 0 saturated heterocycles. The third-order valence-electron chi connectivity index (χ3n) is 5.69. The van der Waals surface area contributed by atoms with Gasteiger partial charge >= 0.3 is 29.8 Å². The quantitative estimate of drug-likeness (QED) is 0.0873. The minimum absolute atomic E-state index is 0.0208. The second-order valence-corrected chi connectivity index (χ2v) is 10.5. The minimum atomic E-state index is -1.21. The zero-order chi connectivity index (χ0) is 39.6. The second kappa shape index (κ2) is 27.5. The molecule has 1 aromatic carbocycles. The van der Waals surface area contributed by atoms with Crippen molar-refractivity contribution in [2.24, 2.45) is 46.1 Å². The highest BCUT2D eigenvalue weighted by Crippen LogP contribution is 2.01. The van der Waals surface area contributed by atoms with Gasteiger partial charge in [-0.15, -0.1) is 0 Å². The van der Waals surface area contributed by atoms with Crippen molar-refractivity contribution in [3.05, 3.63) is 54.1 Å². The van der Waals surface area contributed by atoms with Crippen molar-refractivity contribution in [3.63, 3.8) is 0 Å². The van der Waals surface area contributed by atoms with Crippen LogP contribution in [0.3, 0.4) is 0 Å². The van der Waals surface area contributed by atoms with Gasteiger partial charge in [0, 0.05) is 24.7 Å². The number of aromatic nitrogens is 2. The molecule has 1 aromatic heterocycles. The fourth-order valence-corrected chi connectivity index (χ4v) is 2.69. The number of imidazole rings is 1. The van der Waals surface area contributed by atoms with Crippen LogP contribution in [-0.2, 0) is 46.4 Å². The van der Waals surface area contributed by atoms with E-state index in [-0.39, 0.29) is 31.6 Å². The second-order valence-electron chi connectivity index (χ2n) is 10.5. The molecule has 0 aliphatic carbocycles. The fraction of sp³-hybridized carbons (Fsp3) is 0.448. The van der Waals surface area contributed by atoms with Crippen molar-refractivity contribution < 1.29 is 59.1 Å². The number of carboxylic acid groups (broad SMARTS) is 5. The van der Waals surface area contributed by atoms with Crippen molar-refractivity contribution in [3.8, 4) is 0 Å². The number of H-pyrrole nitrogens is 1.